The summed E-state index contributed by atoms with van der Waals surface area (Å²) >= 11 is 0. The number of hydrogen-bond donors (Lipinski definition) is 0. The predicted octanol–water partition coefficient (Wildman–Crippen LogP) is 2.60. The topological polar surface area (TPSA) is 44.9 Å². The lowest BCUT2D eigenvalue weighted by Crippen LogP contribution is -2.34. The molecule has 3 rings (SSSR count). The highest BCUT2D eigenvalue weighted by Crippen LogP contribution is 2.25. The van der Waals surface area contributed by atoms with E-state index in [4.69, 9.17) is 5.26 Å². The predicted molar refractivity (Wildman–Crippen MR) is 73.9 cm³/mol. The van der Waals surface area contributed by atoms with Crippen molar-refractivity contribution < 1.29 is 0 Å². The number of aromatic nitrogens is 2. The summed E-state index contributed by atoms with van der Waals surface area (Å²) < 4.78 is 2.07. The zero-order valence-electron chi connectivity index (χ0n) is 10.7. The summed E-state index contributed by atoms with van der Waals surface area (Å²) in [5.41, 5.74) is 1.92. The molecular weight excluding hydrogens is 236 g/mol. The van der Waals surface area contributed by atoms with Gasteiger partial charge in [0.15, 0.2) is 0 Å². The molecule has 4 nitrogen and oxygen atoms in total. The molecule has 2 heterocycles. The van der Waals surface area contributed by atoms with Crippen LogP contribution in [-0.4, -0.2) is 22.9 Å². The maximum absolute atomic E-state index is 8.81. The first-order valence-electron chi connectivity index (χ1n) is 6.61. The smallest absolute Gasteiger partial charge is 0.0991 e. The minimum absolute atomic E-state index is 0.518. The molecule has 4 heteroatoms. The van der Waals surface area contributed by atoms with Gasteiger partial charge in [-0.3, -0.25) is 4.68 Å². The lowest BCUT2D eigenvalue weighted by atomic mass is 10.0. The van der Waals surface area contributed by atoms with Crippen LogP contribution < -0.4 is 4.90 Å². The van der Waals surface area contributed by atoms with Gasteiger partial charge in [-0.25, -0.2) is 0 Å². The largest absolute Gasteiger partial charge is 0.371 e. The van der Waals surface area contributed by atoms with Gasteiger partial charge in [0.2, 0.25) is 0 Å². The van der Waals surface area contributed by atoms with Crippen molar-refractivity contribution in [1.82, 2.24) is 9.78 Å². The minimum atomic E-state index is 0.518. The third-order valence-corrected chi connectivity index (χ3v) is 3.73. The second kappa shape index (κ2) is 5.15. The van der Waals surface area contributed by atoms with Crippen LogP contribution in [0, 0.1) is 11.3 Å². The Morgan fingerprint density at radius 1 is 1.16 bits per heavy atom. The van der Waals surface area contributed by atoms with Crippen LogP contribution in [0.2, 0.25) is 0 Å². The molecule has 0 atom stereocenters. The monoisotopic (exact) mass is 252 g/mol. The third kappa shape index (κ3) is 2.45. The number of piperidine rings is 1. The van der Waals surface area contributed by atoms with Gasteiger partial charge in [-0.15, -0.1) is 0 Å². The maximum Gasteiger partial charge on any atom is 0.0991 e. The van der Waals surface area contributed by atoms with Crippen LogP contribution in [0.15, 0.2) is 42.7 Å². The van der Waals surface area contributed by atoms with Gasteiger partial charge in [0.25, 0.3) is 0 Å². The second-order valence-electron chi connectivity index (χ2n) is 4.86. The van der Waals surface area contributed by atoms with Crippen LogP contribution in [-0.2, 0) is 0 Å². The SMILES string of the molecule is N#Cc1ccc(N2CCC(n3cccn3)CC2)cc1. The Morgan fingerprint density at radius 3 is 2.47 bits per heavy atom. The standard InChI is InChI=1S/C15H16N4/c16-12-13-2-4-14(5-3-13)18-10-6-15(7-11-18)19-9-1-8-17-19/h1-5,8-9,15H,6-7,10-11H2. The number of nitrogens with zero attached hydrogens (tertiary/aromatic N) is 4. The van der Waals surface area contributed by atoms with Gasteiger partial charge in [0.05, 0.1) is 17.7 Å². The van der Waals surface area contributed by atoms with E-state index in [0.29, 0.717) is 6.04 Å². The molecule has 1 aromatic heterocycles. The van der Waals surface area contributed by atoms with E-state index in [1.54, 1.807) is 0 Å². The fraction of sp³-hybridized carbons (Fsp3) is 0.333. The van der Waals surface area contributed by atoms with Crippen molar-refractivity contribution in [3.8, 4) is 6.07 Å². The quantitative estimate of drug-likeness (QED) is 0.825. The van der Waals surface area contributed by atoms with Gasteiger partial charge >= 0.3 is 0 Å². The fourth-order valence-electron chi connectivity index (χ4n) is 2.63. The third-order valence-electron chi connectivity index (χ3n) is 3.73. The fourth-order valence-corrected chi connectivity index (χ4v) is 2.63. The highest BCUT2D eigenvalue weighted by molar-refractivity contribution is 5.49. The molecule has 0 saturated carbocycles. The number of hydrogen-bond acceptors (Lipinski definition) is 3. The summed E-state index contributed by atoms with van der Waals surface area (Å²) in [7, 11) is 0. The summed E-state index contributed by atoms with van der Waals surface area (Å²) in [4.78, 5) is 2.38. The number of benzene rings is 1. The Bertz CT molecular complexity index is 557. The molecule has 96 valence electrons. The second-order valence-corrected chi connectivity index (χ2v) is 4.86. The van der Waals surface area contributed by atoms with Crippen molar-refractivity contribution in [3.05, 3.63) is 48.3 Å². The number of anilines is 1. The normalized spacial score (nSPS) is 16.3. The molecule has 0 spiro atoms. The molecule has 0 aliphatic carbocycles. The van der Waals surface area contributed by atoms with Gasteiger partial charge in [0, 0.05) is 31.2 Å². The summed E-state index contributed by atoms with van der Waals surface area (Å²) in [6.07, 6.45) is 6.11. The van der Waals surface area contributed by atoms with E-state index in [2.05, 4.69) is 20.7 Å². The van der Waals surface area contributed by atoms with Crippen LogP contribution >= 0.6 is 0 Å². The minimum Gasteiger partial charge on any atom is -0.371 e. The zero-order valence-corrected chi connectivity index (χ0v) is 10.7. The van der Waals surface area contributed by atoms with Crippen molar-refractivity contribution >= 4 is 5.69 Å². The van der Waals surface area contributed by atoms with Crippen molar-refractivity contribution in [3.63, 3.8) is 0 Å². The van der Waals surface area contributed by atoms with Crippen LogP contribution in [0.4, 0.5) is 5.69 Å². The van der Waals surface area contributed by atoms with Crippen molar-refractivity contribution in [2.75, 3.05) is 18.0 Å². The van der Waals surface area contributed by atoms with E-state index < -0.39 is 0 Å². The molecule has 1 fully saturated rings. The number of nitriles is 1. The van der Waals surface area contributed by atoms with Crippen molar-refractivity contribution in [2.45, 2.75) is 18.9 Å². The number of rotatable bonds is 2. The van der Waals surface area contributed by atoms with Crippen LogP contribution in [0.1, 0.15) is 24.4 Å². The van der Waals surface area contributed by atoms with Gasteiger partial charge in [0.1, 0.15) is 0 Å². The van der Waals surface area contributed by atoms with E-state index in [0.717, 1.165) is 31.5 Å². The van der Waals surface area contributed by atoms with E-state index in [1.165, 1.54) is 5.69 Å². The summed E-state index contributed by atoms with van der Waals surface area (Å²) in [5.74, 6) is 0. The molecule has 0 unspecified atom stereocenters. The van der Waals surface area contributed by atoms with Gasteiger partial charge < -0.3 is 4.90 Å². The average Bonchev–Trinajstić information content (AvgIpc) is 3.02. The molecule has 0 radical (unpaired) electrons. The highest BCUT2D eigenvalue weighted by atomic mass is 15.3. The van der Waals surface area contributed by atoms with E-state index in [1.807, 2.05) is 42.7 Å². The van der Waals surface area contributed by atoms with Gasteiger partial charge in [-0.1, -0.05) is 0 Å². The van der Waals surface area contributed by atoms with E-state index >= 15 is 0 Å². The molecule has 1 aliphatic rings. The Balaban J connectivity index is 1.65. The van der Waals surface area contributed by atoms with Crippen LogP contribution in [0.25, 0.3) is 0 Å². The van der Waals surface area contributed by atoms with Crippen molar-refractivity contribution in [2.24, 2.45) is 0 Å². The first kappa shape index (κ1) is 11.8. The molecular formula is C15H16N4. The molecule has 0 N–H and O–H groups in total. The maximum atomic E-state index is 8.81. The van der Waals surface area contributed by atoms with E-state index in [9.17, 15) is 0 Å². The van der Waals surface area contributed by atoms with Gasteiger partial charge in [-0.05, 0) is 43.2 Å². The summed E-state index contributed by atoms with van der Waals surface area (Å²) in [5, 5.41) is 13.1. The first-order valence-corrected chi connectivity index (χ1v) is 6.61. The average molecular weight is 252 g/mol. The molecule has 1 saturated heterocycles. The molecule has 0 amide bonds. The molecule has 0 bridgehead atoms. The molecule has 19 heavy (non-hydrogen) atoms. The Labute approximate surface area is 112 Å². The lowest BCUT2D eigenvalue weighted by Gasteiger charge is -2.33. The molecule has 1 aromatic carbocycles. The summed E-state index contributed by atoms with van der Waals surface area (Å²) in [6, 6.07) is 12.5. The Kier molecular flexibility index (Phi) is 3.20. The van der Waals surface area contributed by atoms with E-state index in [-0.39, 0.29) is 0 Å². The van der Waals surface area contributed by atoms with Crippen LogP contribution in [0.5, 0.6) is 0 Å². The Hall–Kier alpha value is -2.28. The Morgan fingerprint density at radius 2 is 1.89 bits per heavy atom. The molecule has 2 aromatic rings. The van der Waals surface area contributed by atoms with Crippen molar-refractivity contribution in [1.29, 1.82) is 5.26 Å². The van der Waals surface area contributed by atoms with Gasteiger partial charge in [-0.2, -0.15) is 10.4 Å². The van der Waals surface area contributed by atoms with Crippen LogP contribution in [0.3, 0.4) is 0 Å². The highest BCUT2D eigenvalue weighted by Gasteiger charge is 2.20. The lowest BCUT2D eigenvalue weighted by molar-refractivity contribution is 0.367. The first-order chi connectivity index (χ1) is 9.36. The molecule has 1 aliphatic heterocycles. The zero-order chi connectivity index (χ0) is 13.1. The summed E-state index contributed by atoms with van der Waals surface area (Å²) in [6.45, 7) is 2.08.